The zero-order valence-electron chi connectivity index (χ0n) is 15.0. The molecule has 0 radical (unpaired) electrons. The lowest BCUT2D eigenvalue weighted by Gasteiger charge is -2.18. The first-order valence-corrected chi connectivity index (χ1v) is 9.08. The molecule has 0 aromatic carbocycles. The molecule has 0 aliphatic rings. The molecule has 12 heteroatoms. The molecule has 0 unspecified atom stereocenters. The summed E-state index contributed by atoms with van der Waals surface area (Å²) in [5, 5.41) is 11.3. The monoisotopic (exact) mass is 432 g/mol. The fourth-order valence-electron chi connectivity index (χ4n) is 1.54. The van der Waals surface area contributed by atoms with Crippen LogP contribution in [0.1, 0.15) is 56.6 Å². The number of hydrogen-bond acceptors (Lipinski definition) is 10. The van der Waals surface area contributed by atoms with Crippen LogP contribution in [-0.4, -0.2) is 27.4 Å². The van der Waals surface area contributed by atoms with E-state index in [4.69, 9.17) is 27.2 Å². The molecule has 0 aliphatic carbocycles. The molecule has 9 nitrogen and oxygen atoms in total. The topological polar surface area (TPSA) is 171 Å². The summed E-state index contributed by atoms with van der Waals surface area (Å²) in [5.74, 6) is -1.37. The summed E-state index contributed by atoms with van der Waals surface area (Å²) in [6.07, 6.45) is 0. The Labute approximate surface area is 171 Å². The van der Waals surface area contributed by atoms with Gasteiger partial charge in [0.2, 0.25) is 0 Å². The number of carbonyl (C=O) groups is 2. The number of ether oxygens (including phenoxy) is 1. The molecule has 6 N–H and O–H groups in total. The molecule has 2 aromatic heterocycles. The fourth-order valence-corrected chi connectivity index (χ4v) is 2.96. The average molecular weight is 433 g/mol. The molecule has 1 amide bonds. The van der Waals surface area contributed by atoms with Gasteiger partial charge in [-0.15, -0.1) is 35.1 Å². The van der Waals surface area contributed by atoms with Crippen molar-refractivity contribution in [2.24, 2.45) is 17.2 Å². The maximum absolute atomic E-state index is 11.8. The van der Waals surface area contributed by atoms with Crippen LogP contribution < -0.4 is 17.2 Å². The first-order valence-electron chi connectivity index (χ1n) is 7.38. The third kappa shape index (κ3) is 7.98. The Hall–Kier alpha value is -2.10. The second-order valence-electron chi connectivity index (χ2n) is 5.80. The second-order valence-corrected chi connectivity index (χ2v) is 7.82. The van der Waals surface area contributed by atoms with Crippen molar-refractivity contribution in [2.45, 2.75) is 39.5 Å². The van der Waals surface area contributed by atoms with Crippen LogP contribution in [-0.2, 0) is 17.8 Å². The summed E-state index contributed by atoms with van der Waals surface area (Å²) >= 11 is 2.44. The van der Waals surface area contributed by atoms with E-state index in [-0.39, 0.29) is 29.5 Å². The highest BCUT2D eigenvalue weighted by molar-refractivity contribution is 7.14. The van der Waals surface area contributed by atoms with Crippen molar-refractivity contribution < 1.29 is 14.3 Å². The summed E-state index contributed by atoms with van der Waals surface area (Å²) < 4.78 is 5.16. The van der Waals surface area contributed by atoms with Gasteiger partial charge in [-0.25, -0.2) is 14.8 Å². The average Bonchev–Trinajstić information content (AvgIpc) is 3.20. The molecule has 2 heterocycles. The number of rotatable bonds is 4. The van der Waals surface area contributed by atoms with Crippen molar-refractivity contribution in [3.8, 4) is 6.07 Å². The largest absolute Gasteiger partial charge is 0.456 e. The molecular formula is C15H21ClN6O3S2. The predicted octanol–water partition coefficient (Wildman–Crippen LogP) is 1.55. The Morgan fingerprint density at radius 3 is 2.19 bits per heavy atom. The van der Waals surface area contributed by atoms with Gasteiger partial charge in [0.15, 0.2) is 11.4 Å². The van der Waals surface area contributed by atoms with E-state index in [9.17, 15) is 9.59 Å². The minimum atomic E-state index is -0.762. The van der Waals surface area contributed by atoms with Gasteiger partial charge in [0, 0.05) is 18.5 Å². The number of nitrogens with zero attached hydrogens (tertiary/aromatic N) is 3. The van der Waals surface area contributed by atoms with E-state index < -0.39 is 17.5 Å². The van der Waals surface area contributed by atoms with E-state index in [1.807, 2.05) is 6.07 Å². The van der Waals surface area contributed by atoms with Crippen LogP contribution in [0.25, 0.3) is 0 Å². The van der Waals surface area contributed by atoms with Crippen molar-refractivity contribution in [1.29, 1.82) is 5.26 Å². The first kappa shape index (κ1) is 24.9. The lowest BCUT2D eigenvalue weighted by molar-refractivity contribution is 0.00732. The van der Waals surface area contributed by atoms with Crippen molar-refractivity contribution in [2.75, 3.05) is 0 Å². The molecule has 0 bridgehead atoms. The van der Waals surface area contributed by atoms with E-state index in [0.717, 1.165) is 16.3 Å². The fraction of sp³-hybridized carbons (Fsp3) is 0.400. The Kier molecular flexibility index (Phi) is 10.1. The highest BCUT2D eigenvalue weighted by atomic mass is 35.5. The quantitative estimate of drug-likeness (QED) is 0.610. The van der Waals surface area contributed by atoms with Gasteiger partial charge < -0.3 is 21.9 Å². The molecule has 0 aliphatic heterocycles. The molecule has 0 fully saturated rings. The zero-order chi connectivity index (χ0) is 19.9. The van der Waals surface area contributed by atoms with Crippen molar-refractivity contribution >= 4 is 47.0 Å². The molecule has 27 heavy (non-hydrogen) atoms. The molecule has 0 saturated heterocycles. The molecule has 2 aromatic rings. The third-order valence-corrected chi connectivity index (χ3v) is 4.43. The second kappa shape index (κ2) is 10.9. The van der Waals surface area contributed by atoms with E-state index in [1.165, 1.54) is 11.3 Å². The van der Waals surface area contributed by atoms with Crippen LogP contribution in [0.4, 0.5) is 0 Å². The number of thiazole rings is 2. The van der Waals surface area contributed by atoms with Crippen molar-refractivity contribution in [3.63, 3.8) is 0 Å². The highest BCUT2D eigenvalue weighted by Gasteiger charge is 2.26. The smallest absolute Gasteiger partial charge is 0.351 e. The van der Waals surface area contributed by atoms with Gasteiger partial charge in [0.25, 0.3) is 5.91 Å². The predicted molar refractivity (Wildman–Crippen MR) is 106 cm³/mol. The van der Waals surface area contributed by atoms with Crippen LogP contribution in [0.15, 0.2) is 5.38 Å². The molecule has 0 atom stereocenters. The standard InChI is InChI=1S/C10H15N3O3S.C5H5N3S.ClH/c1-10(2,3)16-9(15)7-6(8(12)14)13-5(4-11)17-7;6-1-4-3-9-5(2-7)8-4;/h4,11H2,1-3H3,(H2,12,14);3H,2,7H2;1H. The number of amides is 1. The van der Waals surface area contributed by atoms with Crippen LogP contribution in [0.3, 0.4) is 0 Å². The number of primary amides is 1. The highest BCUT2D eigenvalue weighted by Crippen LogP contribution is 2.21. The third-order valence-electron chi connectivity index (χ3n) is 2.50. The van der Waals surface area contributed by atoms with E-state index in [2.05, 4.69) is 9.97 Å². The molecule has 148 valence electrons. The Morgan fingerprint density at radius 2 is 1.81 bits per heavy atom. The van der Waals surface area contributed by atoms with Gasteiger partial charge in [-0.05, 0) is 20.8 Å². The van der Waals surface area contributed by atoms with E-state index in [1.54, 1.807) is 26.2 Å². The maximum atomic E-state index is 11.8. The van der Waals surface area contributed by atoms with Crippen LogP contribution >= 0.6 is 35.1 Å². The summed E-state index contributed by atoms with van der Waals surface area (Å²) in [6.45, 7) is 5.78. The minimum Gasteiger partial charge on any atom is -0.456 e. The number of aromatic nitrogens is 2. The van der Waals surface area contributed by atoms with Crippen LogP contribution in [0, 0.1) is 11.3 Å². The first-order chi connectivity index (χ1) is 12.1. The van der Waals surface area contributed by atoms with Gasteiger partial charge in [0.05, 0.1) is 0 Å². The lowest BCUT2D eigenvalue weighted by atomic mass is 10.2. The zero-order valence-corrected chi connectivity index (χ0v) is 17.5. The normalized spacial score (nSPS) is 10.1. The summed E-state index contributed by atoms with van der Waals surface area (Å²) in [6, 6.07) is 1.93. The van der Waals surface area contributed by atoms with Gasteiger partial charge >= 0.3 is 5.97 Å². The summed E-state index contributed by atoms with van der Waals surface area (Å²) in [4.78, 5) is 30.8. The summed E-state index contributed by atoms with van der Waals surface area (Å²) in [7, 11) is 0. The van der Waals surface area contributed by atoms with Crippen LogP contribution in [0.2, 0.25) is 0 Å². The minimum absolute atomic E-state index is 0. The van der Waals surface area contributed by atoms with Crippen LogP contribution in [0.5, 0.6) is 0 Å². The van der Waals surface area contributed by atoms with Gasteiger partial charge in [0.1, 0.15) is 26.6 Å². The molecule has 0 saturated carbocycles. The van der Waals surface area contributed by atoms with E-state index in [0.29, 0.717) is 17.2 Å². The number of hydrogen-bond donors (Lipinski definition) is 3. The number of nitriles is 1. The summed E-state index contributed by atoms with van der Waals surface area (Å²) in [5.41, 5.74) is 15.5. The number of esters is 1. The Morgan fingerprint density at radius 1 is 1.22 bits per heavy atom. The lowest BCUT2D eigenvalue weighted by Crippen LogP contribution is -2.25. The number of halogens is 1. The van der Waals surface area contributed by atoms with Gasteiger partial charge in [-0.1, -0.05) is 0 Å². The SMILES string of the molecule is CC(C)(C)OC(=O)c1sc(CN)nc1C(N)=O.Cl.N#Cc1csc(CN)n1. The van der Waals surface area contributed by atoms with Gasteiger partial charge in [-0.3, -0.25) is 4.79 Å². The van der Waals surface area contributed by atoms with Gasteiger partial charge in [-0.2, -0.15) is 5.26 Å². The Bertz CT molecular complexity index is 822. The maximum Gasteiger partial charge on any atom is 0.351 e. The number of carbonyl (C=O) groups excluding carboxylic acids is 2. The molecular weight excluding hydrogens is 412 g/mol. The number of nitrogens with two attached hydrogens (primary N) is 3. The Balaban J connectivity index is 0.000000572. The van der Waals surface area contributed by atoms with Crippen molar-refractivity contribution in [1.82, 2.24) is 9.97 Å². The molecule has 2 rings (SSSR count). The molecule has 0 spiro atoms. The van der Waals surface area contributed by atoms with Crippen molar-refractivity contribution in [3.05, 3.63) is 31.7 Å². The van der Waals surface area contributed by atoms with E-state index >= 15 is 0 Å².